The van der Waals surface area contributed by atoms with Gasteiger partial charge < -0.3 is 34.3 Å². The summed E-state index contributed by atoms with van der Waals surface area (Å²) in [5, 5.41) is 30.9. The van der Waals surface area contributed by atoms with Crippen LogP contribution in [-0.2, 0) is 38.7 Å². The smallest absolute Gasteiger partial charge is 0.306 e. The molecule has 12 nitrogen and oxygen atoms in total. The minimum atomic E-state index is -4.61. The van der Waals surface area contributed by atoms with E-state index >= 15 is 0 Å². The number of rotatable bonds is 38. The number of unbranched alkanes of at least 4 members (excludes halogenated alkanes) is 18. The second-order valence-electron chi connectivity index (χ2n) is 16.1. The minimum absolute atomic E-state index is 0.0910. The van der Waals surface area contributed by atoms with Crippen LogP contribution in [0.15, 0.2) is 48.6 Å². The van der Waals surface area contributed by atoms with E-state index in [1.807, 2.05) is 12.2 Å². The molecule has 0 saturated carbocycles. The lowest BCUT2D eigenvalue weighted by Crippen LogP contribution is -2.60. The Balaban J connectivity index is 2.48. The van der Waals surface area contributed by atoms with Crippen LogP contribution in [0.2, 0.25) is 0 Å². The van der Waals surface area contributed by atoms with Gasteiger partial charge in [-0.05, 0) is 70.6 Å². The summed E-state index contributed by atoms with van der Waals surface area (Å²) in [5.74, 6) is -2.06. The van der Waals surface area contributed by atoms with Crippen molar-refractivity contribution in [3.8, 4) is 0 Å². The maximum absolute atomic E-state index is 12.8. The summed E-state index contributed by atoms with van der Waals surface area (Å²) in [7, 11) is -4.61. The van der Waals surface area contributed by atoms with Crippen LogP contribution in [0.5, 0.6) is 0 Å². The molecular formula is C47H82O12S. The molecule has 1 saturated heterocycles. The van der Waals surface area contributed by atoms with E-state index in [4.69, 9.17) is 18.9 Å². The fourth-order valence-corrected chi connectivity index (χ4v) is 7.44. The number of hydrogen-bond acceptors (Lipinski definition) is 11. The van der Waals surface area contributed by atoms with Gasteiger partial charge in [0.15, 0.2) is 12.4 Å². The average Bonchev–Trinajstić information content (AvgIpc) is 3.21. The zero-order valence-electron chi connectivity index (χ0n) is 37.1. The number of carbonyl (C=O) groups is 2. The number of allylic oxidation sites excluding steroid dienone is 8. The lowest BCUT2D eigenvalue weighted by atomic mass is 10.00. The Bertz CT molecular complexity index is 1300. The van der Waals surface area contributed by atoms with E-state index in [-0.39, 0.29) is 19.4 Å². The van der Waals surface area contributed by atoms with Gasteiger partial charge in [0.25, 0.3) is 10.1 Å². The first-order chi connectivity index (χ1) is 29.0. The van der Waals surface area contributed by atoms with Gasteiger partial charge in [0.1, 0.15) is 36.8 Å². The Morgan fingerprint density at radius 3 is 1.57 bits per heavy atom. The van der Waals surface area contributed by atoms with Gasteiger partial charge in [-0.1, -0.05) is 146 Å². The molecule has 0 aromatic rings. The highest BCUT2D eigenvalue weighted by Gasteiger charge is 2.46. The van der Waals surface area contributed by atoms with Crippen LogP contribution in [0.1, 0.15) is 181 Å². The van der Waals surface area contributed by atoms with Crippen LogP contribution in [0.4, 0.5) is 0 Å². The van der Waals surface area contributed by atoms with E-state index < -0.39 is 71.2 Å². The second-order valence-corrected chi connectivity index (χ2v) is 17.6. The first-order valence-corrected chi connectivity index (χ1v) is 24.8. The van der Waals surface area contributed by atoms with E-state index in [0.29, 0.717) is 19.3 Å². The first kappa shape index (κ1) is 55.6. The van der Waals surface area contributed by atoms with Crippen LogP contribution in [0.3, 0.4) is 0 Å². The second kappa shape index (κ2) is 37.2. The molecule has 1 aliphatic heterocycles. The summed E-state index contributed by atoms with van der Waals surface area (Å²) in [5.41, 5.74) is 0. The molecule has 0 bridgehead atoms. The van der Waals surface area contributed by atoms with E-state index in [9.17, 15) is 37.9 Å². The molecule has 4 N–H and O–H groups in total. The Labute approximate surface area is 363 Å². The van der Waals surface area contributed by atoms with Crippen LogP contribution in [0.25, 0.3) is 0 Å². The van der Waals surface area contributed by atoms with Crippen molar-refractivity contribution in [3.05, 3.63) is 48.6 Å². The Hall–Kier alpha value is -2.39. The third kappa shape index (κ3) is 31.5. The predicted octanol–water partition coefficient (Wildman–Crippen LogP) is 9.56. The predicted molar refractivity (Wildman–Crippen MR) is 238 cm³/mol. The van der Waals surface area contributed by atoms with Gasteiger partial charge in [0.2, 0.25) is 0 Å². The molecular weight excluding hydrogens is 789 g/mol. The normalized spacial score (nSPS) is 20.5. The summed E-state index contributed by atoms with van der Waals surface area (Å²) in [4.78, 5) is 25.4. The SMILES string of the molecule is CCCCCC/C=C/CCCCCCCCCC(=O)OC[C@H](CO[C@H]1O[C@H](CS(=O)(=O)O)[C@@H](O)C(O)C1O)OC(=O)CCC/C=C/C/C=C/C/C=C/CCCCCCCC. The molecule has 2 unspecified atom stereocenters. The molecule has 1 aliphatic rings. The monoisotopic (exact) mass is 871 g/mol. The van der Waals surface area contributed by atoms with Crippen molar-refractivity contribution in [1.29, 1.82) is 0 Å². The Morgan fingerprint density at radius 1 is 0.567 bits per heavy atom. The van der Waals surface area contributed by atoms with Crippen LogP contribution < -0.4 is 0 Å². The van der Waals surface area contributed by atoms with Gasteiger partial charge in [-0.2, -0.15) is 8.42 Å². The number of ether oxygens (including phenoxy) is 4. The van der Waals surface area contributed by atoms with Gasteiger partial charge in [0, 0.05) is 12.8 Å². The minimum Gasteiger partial charge on any atom is -0.462 e. The van der Waals surface area contributed by atoms with Gasteiger partial charge in [-0.25, -0.2) is 0 Å². The van der Waals surface area contributed by atoms with Gasteiger partial charge >= 0.3 is 11.9 Å². The molecule has 0 aromatic carbocycles. The summed E-state index contributed by atoms with van der Waals surface area (Å²) in [6, 6.07) is 0. The third-order valence-corrected chi connectivity index (χ3v) is 11.1. The average molecular weight is 871 g/mol. The van der Waals surface area contributed by atoms with Crippen LogP contribution in [-0.4, -0.2) is 96.0 Å². The Morgan fingerprint density at radius 2 is 1.02 bits per heavy atom. The number of aliphatic hydroxyl groups excluding tert-OH is 3. The van der Waals surface area contributed by atoms with Crippen molar-refractivity contribution < 1.29 is 56.8 Å². The molecule has 0 aliphatic carbocycles. The van der Waals surface area contributed by atoms with Crippen LogP contribution >= 0.6 is 0 Å². The van der Waals surface area contributed by atoms with Crippen LogP contribution in [0, 0.1) is 0 Å². The molecule has 13 heteroatoms. The van der Waals surface area contributed by atoms with Crippen molar-refractivity contribution in [2.45, 2.75) is 218 Å². The lowest BCUT2D eigenvalue weighted by molar-refractivity contribution is -0.297. The quantitative estimate of drug-likeness (QED) is 0.0200. The zero-order valence-corrected chi connectivity index (χ0v) is 37.9. The summed E-state index contributed by atoms with van der Waals surface area (Å²) >= 11 is 0. The summed E-state index contributed by atoms with van der Waals surface area (Å²) < 4.78 is 54.0. The van der Waals surface area contributed by atoms with Crippen molar-refractivity contribution in [1.82, 2.24) is 0 Å². The summed E-state index contributed by atoms with van der Waals surface area (Å²) in [6.07, 6.45) is 34.4. The third-order valence-electron chi connectivity index (χ3n) is 10.4. The molecule has 0 radical (unpaired) electrons. The molecule has 0 amide bonds. The zero-order chi connectivity index (χ0) is 44.1. The number of carbonyl (C=O) groups excluding carboxylic acids is 2. The van der Waals surface area contributed by atoms with E-state index in [2.05, 4.69) is 50.3 Å². The molecule has 348 valence electrons. The molecule has 6 atom stereocenters. The first-order valence-electron chi connectivity index (χ1n) is 23.2. The molecule has 0 spiro atoms. The Kier molecular flexibility index (Phi) is 34.5. The highest BCUT2D eigenvalue weighted by atomic mass is 32.2. The van der Waals surface area contributed by atoms with Crippen molar-refractivity contribution in [2.75, 3.05) is 19.0 Å². The molecule has 0 aromatic heterocycles. The topological polar surface area (TPSA) is 186 Å². The maximum Gasteiger partial charge on any atom is 0.306 e. The lowest BCUT2D eigenvalue weighted by Gasteiger charge is -2.40. The van der Waals surface area contributed by atoms with Gasteiger partial charge in [-0.15, -0.1) is 0 Å². The number of hydrogen-bond donors (Lipinski definition) is 4. The van der Waals surface area contributed by atoms with Crippen molar-refractivity contribution in [2.24, 2.45) is 0 Å². The molecule has 1 fully saturated rings. The molecule has 60 heavy (non-hydrogen) atoms. The maximum atomic E-state index is 12.8. The van der Waals surface area contributed by atoms with Crippen molar-refractivity contribution >= 4 is 22.1 Å². The van der Waals surface area contributed by atoms with Gasteiger partial charge in [0.05, 0.1) is 6.61 Å². The largest absolute Gasteiger partial charge is 0.462 e. The fourth-order valence-electron chi connectivity index (χ4n) is 6.75. The fraction of sp³-hybridized carbons (Fsp3) is 0.787. The highest BCUT2D eigenvalue weighted by Crippen LogP contribution is 2.24. The number of esters is 2. The molecule has 1 rings (SSSR count). The molecule has 1 heterocycles. The number of aliphatic hydroxyl groups is 3. The van der Waals surface area contributed by atoms with E-state index in [0.717, 1.165) is 44.9 Å². The van der Waals surface area contributed by atoms with Crippen molar-refractivity contribution in [3.63, 3.8) is 0 Å². The van der Waals surface area contributed by atoms with E-state index in [1.54, 1.807) is 0 Å². The highest BCUT2D eigenvalue weighted by molar-refractivity contribution is 7.85. The van der Waals surface area contributed by atoms with E-state index in [1.165, 1.54) is 89.9 Å². The van der Waals surface area contributed by atoms with Gasteiger partial charge in [-0.3, -0.25) is 14.1 Å². The summed E-state index contributed by atoms with van der Waals surface area (Å²) in [6.45, 7) is 3.69. The standard InChI is InChI=1S/C47H82O12S/c1-3-5-7-9-11-13-15-17-19-20-22-24-26-28-30-32-34-36-43(49)58-40(38-57-47-46(52)45(51)44(50)41(59-47)39-60(53,54)55)37-56-42(48)35-33-31-29-27-25-23-21-18-16-14-12-10-8-6-4-2/h14,16-17,19,22,24,28,30,40-41,44-47,50-52H,3-13,15,18,20-21,23,25-27,29,31-39H2,1-2H3,(H,53,54,55)/b16-14+,19-17+,24-22+,30-28+/t40-,41-,44-,45?,46?,47+/m1/s1.